The van der Waals surface area contributed by atoms with E-state index in [1.165, 1.54) is 0 Å². The zero-order chi connectivity index (χ0) is 21.1. The minimum Gasteiger partial charge on any atom is -0.487 e. The zero-order valence-electron chi connectivity index (χ0n) is 17.2. The van der Waals surface area contributed by atoms with Crippen LogP contribution in [0.25, 0.3) is 5.65 Å². The quantitative estimate of drug-likeness (QED) is 0.513. The van der Waals surface area contributed by atoms with Crippen molar-refractivity contribution < 1.29 is 9.53 Å². The van der Waals surface area contributed by atoms with E-state index in [0.717, 1.165) is 17.0 Å². The highest BCUT2D eigenvalue weighted by molar-refractivity contribution is 5.95. The molecule has 4 rings (SSSR count). The lowest BCUT2D eigenvalue weighted by Crippen LogP contribution is -2.33. The van der Waals surface area contributed by atoms with E-state index in [2.05, 4.69) is 15.3 Å². The van der Waals surface area contributed by atoms with Crippen LogP contribution >= 0.6 is 0 Å². The number of benzene rings is 1. The third kappa shape index (κ3) is 4.18. The molecule has 4 aromatic rings. The van der Waals surface area contributed by atoms with E-state index in [0.29, 0.717) is 18.0 Å². The van der Waals surface area contributed by atoms with Gasteiger partial charge >= 0.3 is 0 Å². The van der Waals surface area contributed by atoms with Crippen LogP contribution < -0.4 is 10.1 Å². The number of amides is 1. The number of anilines is 1. The number of likely N-dealkylation sites (N-methyl/N-ethyl adjacent to an activating group) is 1. The fraction of sp³-hybridized carbons (Fsp3) is 0.227. The molecule has 30 heavy (non-hydrogen) atoms. The first-order chi connectivity index (χ1) is 14.5. The summed E-state index contributed by atoms with van der Waals surface area (Å²) in [5.74, 6) is 0.586. The summed E-state index contributed by atoms with van der Waals surface area (Å²) in [7, 11) is 5.61. The lowest BCUT2D eigenvalue weighted by molar-refractivity contribution is -0.120. The molecule has 0 radical (unpaired) electrons. The predicted molar refractivity (Wildman–Crippen MR) is 114 cm³/mol. The van der Waals surface area contributed by atoms with Gasteiger partial charge in [0.25, 0.3) is 0 Å². The van der Waals surface area contributed by atoms with Gasteiger partial charge in [0.05, 0.1) is 23.9 Å². The number of pyridine rings is 1. The van der Waals surface area contributed by atoms with E-state index >= 15 is 0 Å². The molecule has 0 bridgehead atoms. The Morgan fingerprint density at radius 1 is 1.20 bits per heavy atom. The maximum Gasteiger partial charge on any atom is 0.247 e. The number of aryl methyl sites for hydroxylation is 1. The Morgan fingerprint density at radius 2 is 2.00 bits per heavy atom. The molecule has 1 atom stereocenters. The van der Waals surface area contributed by atoms with Crippen LogP contribution in [0.1, 0.15) is 17.4 Å². The van der Waals surface area contributed by atoms with Gasteiger partial charge in [-0.3, -0.25) is 9.69 Å². The second kappa shape index (κ2) is 8.38. The van der Waals surface area contributed by atoms with Gasteiger partial charge in [-0.25, -0.2) is 9.97 Å². The summed E-state index contributed by atoms with van der Waals surface area (Å²) in [6.07, 6.45) is 7.30. The van der Waals surface area contributed by atoms with E-state index in [4.69, 9.17) is 4.74 Å². The molecule has 0 spiro atoms. The predicted octanol–water partition coefficient (Wildman–Crippen LogP) is 2.89. The minimum atomic E-state index is -0.441. The van der Waals surface area contributed by atoms with Crippen molar-refractivity contribution in [2.24, 2.45) is 7.05 Å². The molecular weight excluding hydrogens is 380 g/mol. The van der Waals surface area contributed by atoms with Gasteiger partial charge in [-0.2, -0.15) is 0 Å². The van der Waals surface area contributed by atoms with Gasteiger partial charge in [0, 0.05) is 25.1 Å². The monoisotopic (exact) mass is 404 g/mol. The summed E-state index contributed by atoms with van der Waals surface area (Å²) < 4.78 is 9.64. The maximum atomic E-state index is 12.8. The highest BCUT2D eigenvalue weighted by Gasteiger charge is 2.25. The van der Waals surface area contributed by atoms with Crippen molar-refractivity contribution in [2.45, 2.75) is 12.6 Å². The summed E-state index contributed by atoms with van der Waals surface area (Å²) >= 11 is 0. The molecule has 0 saturated carbocycles. The molecule has 0 aliphatic heterocycles. The molecular formula is C22H24N6O2. The Balaban J connectivity index is 1.39. The van der Waals surface area contributed by atoms with Crippen LogP contribution in [0.2, 0.25) is 0 Å². The Kier molecular flexibility index (Phi) is 5.49. The number of aromatic nitrogens is 4. The molecule has 1 amide bonds. The standard InChI is InChI=1S/C22H24N6O2/c1-26(2)21(19-12-23-15-27(19)3)22(29)25-16-7-9-18(10-8-16)30-14-17-13-28-11-5-4-6-20(28)24-17/h4-13,15,21H,14H2,1-3H3,(H,25,29). The zero-order valence-corrected chi connectivity index (χ0v) is 17.2. The molecule has 154 valence electrons. The average molecular weight is 404 g/mol. The highest BCUT2D eigenvalue weighted by atomic mass is 16.5. The van der Waals surface area contributed by atoms with Gasteiger partial charge in [-0.1, -0.05) is 6.07 Å². The number of ether oxygens (including phenoxy) is 1. The number of fused-ring (bicyclic) bond motifs is 1. The van der Waals surface area contributed by atoms with Crippen molar-refractivity contribution in [1.29, 1.82) is 0 Å². The third-order valence-electron chi connectivity index (χ3n) is 4.82. The molecule has 0 aliphatic carbocycles. The van der Waals surface area contributed by atoms with Crippen LogP contribution in [0.3, 0.4) is 0 Å². The molecule has 1 N–H and O–H groups in total. The Labute approximate surface area is 174 Å². The fourth-order valence-corrected chi connectivity index (χ4v) is 3.32. The average Bonchev–Trinajstić information content (AvgIpc) is 3.33. The normalized spacial score (nSPS) is 12.3. The van der Waals surface area contributed by atoms with Crippen molar-refractivity contribution in [3.8, 4) is 5.75 Å². The summed E-state index contributed by atoms with van der Waals surface area (Å²) in [5, 5.41) is 2.96. The number of hydrogen-bond acceptors (Lipinski definition) is 5. The van der Waals surface area contributed by atoms with Crippen LogP contribution in [-0.2, 0) is 18.4 Å². The minimum absolute atomic E-state index is 0.123. The largest absolute Gasteiger partial charge is 0.487 e. The SMILES string of the molecule is CN(C)C(C(=O)Nc1ccc(OCc2cn3ccccc3n2)cc1)c1cncn1C. The van der Waals surface area contributed by atoms with Gasteiger partial charge < -0.3 is 19.0 Å². The van der Waals surface area contributed by atoms with Crippen molar-refractivity contribution in [3.63, 3.8) is 0 Å². The smallest absolute Gasteiger partial charge is 0.247 e. The number of nitrogens with one attached hydrogen (secondary N) is 1. The molecule has 0 aliphatic rings. The fourth-order valence-electron chi connectivity index (χ4n) is 3.32. The van der Waals surface area contributed by atoms with Gasteiger partial charge in [0.15, 0.2) is 0 Å². The molecule has 1 unspecified atom stereocenters. The number of imidazole rings is 2. The van der Waals surface area contributed by atoms with Crippen molar-refractivity contribution >= 4 is 17.2 Å². The molecule has 3 heterocycles. The Morgan fingerprint density at radius 3 is 2.67 bits per heavy atom. The van der Waals surface area contributed by atoms with Gasteiger partial charge in [0.2, 0.25) is 5.91 Å². The summed E-state index contributed by atoms with van der Waals surface area (Å²) in [6, 6.07) is 12.7. The van der Waals surface area contributed by atoms with Crippen molar-refractivity contribution in [1.82, 2.24) is 23.8 Å². The van der Waals surface area contributed by atoms with Gasteiger partial charge in [-0.05, 0) is 50.5 Å². The second-order valence-corrected chi connectivity index (χ2v) is 7.30. The topological polar surface area (TPSA) is 76.7 Å². The first-order valence-electron chi connectivity index (χ1n) is 9.60. The molecule has 8 nitrogen and oxygen atoms in total. The van der Waals surface area contributed by atoms with E-state index in [1.54, 1.807) is 12.5 Å². The van der Waals surface area contributed by atoms with Crippen molar-refractivity contribution in [2.75, 3.05) is 19.4 Å². The third-order valence-corrected chi connectivity index (χ3v) is 4.82. The van der Waals surface area contributed by atoms with E-state index in [-0.39, 0.29) is 5.91 Å². The van der Waals surface area contributed by atoms with Crippen LogP contribution in [0.4, 0.5) is 5.69 Å². The number of rotatable bonds is 7. The molecule has 0 saturated heterocycles. The van der Waals surface area contributed by atoms with E-state index < -0.39 is 6.04 Å². The van der Waals surface area contributed by atoms with Gasteiger partial charge in [0.1, 0.15) is 24.0 Å². The van der Waals surface area contributed by atoms with Crippen molar-refractivity contribution in [3.05, 3.63) is 78.8 Å². The first kappa shape index (κ1) is 19.7. The molecule has 3 aromatic heterocycles. The maximum absolute atomic E-state index is 12.8. The van der Waals surface area contributed by atoms with Crippen LogP contribution in [0.15, 0.2) is 67.4 Å². The first-order valence-corrected chi connectivity index (χ1v) is 9.60. The molecule has 1 aromatic carbocycles. The second-order valence-electron chi connectivity index (χ2n) is 7.30. The number of nitrogens with zero attached hydrogens (tertiary/aromatic N) is 5. The Hall–Kier alpha value is -3.65. The number of carbonyl (C=O) groups excluding carboxylic acids is 1. The van der Waals surface area contributed by atoms with E-state index in [9.17, 15) is 4.79 Å². The number of hydrogen-bond donors (Lipinski definition) is 1. The highest BCUT2D eigenvalue weighted by Crippen LogP contribution is 2.22. The van der Waals surface area contributed by atoms with Crippen LogP contribution in [-0.4, -0.2) is 43.8 Å². The summed E-state index contributed by atoms with van der Waals surface area (Å²) in [6.45, 7) is 0.372. The van der Waals surface area contributed by atoms with Crippen LogP contribution in [0, 0.1) is 0 Å². The molecule has 8 heteroatoms. The molecule has 0 fully saturated rings. The Bertz CT molecular complexity index is 1110. The summed E-state index contributed by atoms with van der Waals surface area (Å²) in [5.41, 5.74) is 3.26. The number of carbonyl (C=O) groups is 1. The lowest BCUT2D eigenvalue weighted by atomic mass is 10.1. The van der Waals surface area contributed by atoms with Gasteiger partial charge in [-0.15, -0.1) is 0 Å². The van der Waals surface area contributed by atoms with E-state index in [1.807, 2.05) is 89.9 Å². The summed E-state index contributed by atoms with van der Waals surface area (Å²) in [4.78, 5) is 23.3. The van der Waals surface area contributed by atoms with Crippen LogP contribution in [0.5, 0.6) is 5.75 Å². The lowest BCUT2D eigenvalue weighted by Gasteiger charge is -2.23.